The van der Waals surface area contributed by atoms with Crippen LogP contribution in [-0.2, 0) is 14.8 Å². The molecule has 0 radical (unpaired) electrons. The van der Waals surface area contributed by atoms with E-state index >= 15 is 0 Å². The smallest absolute Gasteiger partial charge is 0.251 e. The molecule has 0 spiro atoms. The van der Waals surface area contributed by atoms with Crippen LogP contribution < -0.4 is 4.72 Å². The Balaban J connectivity index is 1.66. The maximum atomic E-state index is 12.0. The molecule has 1 saturated carbocycles. The fourth-order valence-electron chi connectivity index (χ4n) is 2.30. The summed E-state index contributed by atoms with van der Waals surface area (Å²) in [5, 5.41) is 1.75. The third-order valence-corrected chi connectivity index (χ3v) is 7.48. The lowest BCUT2D eigenvalue weighted by Crippen LogP contribution is -2.26. The second-order valence-electron chi connectivity index (χ2n) is 4.94. The van der Waals surface area contributed by atoms with Crippen molar-refractivity contribution in [3.63, 3.8) is 0 Å². The second-order valence-corrected chi connectivity index (χ2v) is 8.67. The molecule has 1 aromatic heterocycles. The third-order valence-electron chi connectivity index (χ3n) is 3.35. The molecule has 0 aromatic carbocycles. The van der Waals surface area contributed by atoms with Gasteiger partial charge in [0, 0.05) is 17.6 Å². The molecule has 1 aliphatic rings. The maximum Gasteiger partial charge on any atom is 0.251 e. The van der Waals surface area contributed by atoms with Crippen LogP contribution in [0.1, 0.15) is 38.5 Å². The lowest BCUT2D eigenvalue weighted by atomic mass is 9.98. The van der Waals surface area contributed by atoms with Gasteiger partial charge >= 0.3 is 0 Å². The topological polar surface area (TPSA) is 55.4 Å². The molecule has 0 unspecified atom stereocenters. The van der Waals surface area contributed by atoms with Gasteiger partial charge < -0.3 is 4.74 Å². The summed E-state index contributed by atoms with van der Waals surface area (Å²) in [7, 11) is -3.39. The van der Waals surface area contributed by atoms with Gasteiger partial charge in [0.15, 0.2) is 0 Å². The number of halogens is 1. The van der Waals surface area contributed by atoms with E-state index in [1.807, 2.05) is 0 Å². The quantitative estimate of drug-likeness (QED) is 0.734. The maximum absolute atomic E-state index is 12.0. The van der Waals surface area contributed by atoms with Crippen LogP contribution in [0.2, 0.25) is 0 Å². The van der Waals surface area contributed by atoms with Crippen LogP contribution in [-0.4, -0.2) is 27.7 Å². The fourth-order valence-corrected chi connectivity index (χ4v) is 5.75. The van der Waals surface area contributed by atoms with Gasteiger partial charge in [0.2, 0.25) is 0 Å². The second kappa shape index (κ2) is 7.89. The Bertz CT molecular complexity index is 509. The highest BCUT2D eigenvalue weighted by Gasteiger charge is 2.18. The molecule has 0 saturated heterocycles. The number of hydrogen-bond acceptors (Lipinski definition) is 4. The van der Waals surface area contributed by atoms with Crippen molar-refractivity contribution in [3.05, 3.63) is 15.9 Å². The van der Waals surface area contributed by atoms with Gasteiger partial charge in [-0.3, -0.25) is 0 Å². The van der Waals surface area contributed by atoms with Crippen molar-refractivity contribution in [1.82, 2.24) is 4.72 Å². The third kappa shape index (κ3) is 4.80. The predicted molar refractivity (Wildman–Crippen MR) is 84.6 cm³/mol. The standard InChI is InChI=1S/C13H20BrNO3S2/c14-12-7-10-19-13(12)20(16,17)15-8-4-9-18-11-5-2-1-3-6-11/h7,10-11,15H,1-6,8-9H2. The largest absolute Gasteiger partial charge is 0.378 e. The van der Waals surface area contributed by atoms with E-state index in [9.17, 15) is 8.42 Å². The average molecular weight is 382 g/mol. The molecular weight excluding hydrogens is 362 g/mol. The van der Waals surface area contributed by atoms with E-state index in [1.165, 1.54) is 30.6 Å². The van der Waals surface area contributed by atoms with E-state index < -0.39 is 10.0 Å². The molecule has 1 aromatic rings. The molecule has 1 heterocycles. The number of sulfonamides is 1. The Morgan fingerprint density at radius 2 is 2.10 bits per heavy atom. The molecule has 1 aliphatic carbocycles. The zero-order valence-corrected chi connectivity index (χ0v) is 14.5. The Morgan fingerprint density at radius 1 is 1.35 bits per heavy atom. The van der Waals surface area contributed by atoms with Crippen LogP contribution >= 0.6 is 27.3 Å². The van der Waals surface area contributed by atoms with E-state index in [0.717, 1.165) is 12.8 Å². The monoisotopic (exact) mass is 381 g/mol. The Labute approximate surface area is 133 Å². The van der Waals surface area contributed by atoms with Gasteiger partial charge in [0.25, 0.3) is 10.0 Å². The van der Waals surface area contributed by atoms with Gasteiger partial charge in [-0.2, -0.15) is 0 Å². The van der Waals surface area contributed by atoms with Gasteiger partial charge in [-0.05, 0) is 46.6 Å². The highest BCUT2D eigenvalue weighted by molar-refractivity contribution is 9.10. The number of thiophene rings is 1. The van der Waals surface area contributed by atoms with Crippen LogP contribution in [0.25, 0.3) is 0 Å². The van der Waals surface area contributed by atoms with E-state index in [1.54, 1.807) is 11.4 Å². The van der Waals surface area contributed by atoms with E-state index in [2.05, 4.69) is 20.7 Å². The van der Waals surface area contributed by atoms with E-state index in [4.69, 9.17) is 4.74 Å². The summed E-state index contributed by atoms with van der Waals surface area (Å²) in [4.78, 5) is 0. The fraction of sp³-hybridized carbons (Fsp3) is 0.692. The SMILES string of the molecule is O=S(=O)(NCCCOC1CCCCC1)c1sccc1Br. The molecule has 1 fully saturated rings. The van der Waals surface area contributed by atoms with Crippen molar-refractivity contribution < 1.29 is 13.2 Å². The van der Waals surface area contributed by atoms with Gasteiger partial charge in [-0.25, -0.2) is 13.1 Å². The van der Waals surface area contributed by atoms with Crippen LogP contribution in [0, 0.1) is 0 Å². The average Bonchev–Trinajstić information content (AvgIpc) is 2.86. The van der Waals surface area contributed by atoms with Crippen molar-refractivity contribution in [2.45, 2.75) is 48.8 Å². The number of rotatable bonds is 7. The highest BCUT2D eigenvalue weighted by atomic mass is 79.9. The van der Waals surface area contributed by atoms with Crippen molar-refractivity contribution >= 4 is 37.3 Å². The molecule has 7 heteroatoms. The highest BCUT2D eigenvalue weighted by Crippen LogP contribution is 2.27. The summed E-state index contributed by atoms with van der Waals surface area (Å²) in [6.07, 6.45) is 7.20. The van der Waals surface area contributed by atoms with Crippen LogP contribution in [0.15, 0.2) is 20.1 Å². The summed E-state index contributed by atoms with van der Waals surface area (Å²) in [5.41, 5.74) is 0. The molecule has 0 atom stereocenters. The number of nitrogens with one attached hydrogen (secondary N) is 1. The van der Waals surface area contributed by atoms with Crippen LogP contribution in [0.4, 0.5) is 0 Å². The summed E-state index contributed by atoms with van der Waals surface area (Å²) >= 11 is 4.46. The Hall–Kier alpha value is 0.0500. The van der Waals surface area contributed by atoms with Crippen molar-refractivity contribution in [2.75, 3.05) is 13.2 Å². The van der Waals surface area contributed by atoms with Gasteiger partial charge in [-0.1, -0.05) is 19.3 Å². The first-order chi connectivity index (χ1) is 9.59. The van der Waals surface area contributed by atoms with Crippen molar-refractivity contribution in [3.8, 4) is 0 Å². The minimum Gasteiger partial charge on any atom is -0.378 e. The Kier molecular flexibility index (Phi) is 6.48. The molecule has 114 valence electrons. The molecule has 0 amide bonds. The first kappa shape index (κ1) is 16.4. The zero-order valence-electron chi connectivity index (χ0n) is 11.3. The van der Waals surface area contributed by atoms with Crippen LogP contribution in [0.3, 0.4) is 0 Å². The zero-order chi connectivity index (χ0) is 14.4. The van der Waals surface area contributed by atoms with E-state index in [0.29, 0.717) is 34.4 Å². The predicted octanol–water partition coefficient (Wildman–Crippen LogP) is 3.53. The summed E-state index contributed by atoms with van der Waals surface area (Å²) < 4.78 is 33.4. The summed E-state index contributed by atoms with van der Waals surface area (Å²) in [6, 6.07) is 1.74. The molecule has 0 bridgehead atoms. The van der Waals surface area contributed by atoms with Crippen molar-refractivity contribution in [2.24, 2.45) is 0 Å². The molecular formula is C13H20BrNO3S2. The molecule has 4 nitrogen and oxygen atoms in total. The lowest BCUT2D eigenvalue weighted by molar-refractivity contribution is 0.0278. The van der Waals surface area contributed by atoms with Gasteiger partial charge in [0.05, 0.1) is 6.10 Å². The van der Waals surface area contributed by atoms with E-state index in [-0.39, 0.29) is 0 Å². The van der Waals surface area contributed by atoms with Crippen LogP contribution in [0.5, 0.6) is 0 Å². The molecule has 1 N–H and O–H groups in total. The van der Waals surface area contributed by atoms with Gasteiger partial charge in [0.1, 0.15) is 4.21 Å². The van der Waals surface area contributed by atoms with Gasteiger partial charge in [-0.15, -0.1) is 11.3 Å². The molecule has 2 rings (SSSR count). The lowest BCUT2D eigenvalue weighted by Gasteiger charge is -2.21. The Morgan fingerprint density at radius 3 is 2.75 bits per heavy atom. The molecule has 0 aliphatic heterocycles. The summed E-state index contributed by atoms with van der Waals surface area (Å²) in [6.45, 7) is 1.04. The number of ether oxygens (including phenoxy) is 1. The number of hydrogen-bond donors (Lipinski definition) is 1. The normalized spacial score (nSPS) is 17.4. The first-order valence-electron chi connectivity index (χ1n) is 6.94. The minimum absolute atomic E-state index is 0.339. The first-order valence-corrected chi connectivity index (χ1v) is 10.1. The molecule has 20 heavy (non-hydrogen) atoms. The van der Waals surface area contributed by atoms with Crippen molar-refractivity contribution in [1.29, 1.82) is 0 Å². The minimum atomic E-state index is -3.39. The summed E-state index contributed by atoms with van der Waals surface area (Å²) in [5.74, 6) is 0.